The van der Waals surface area contributed by atoms with Gasteiger partial charge in [0.05, 0.1) is 6.54 Å². The van der Waals surface area contributed by atoms with Gasteiger partial charge < -0.3 is 14.4 Å². The molecular formula is C15H13BrN4O2. The Bertz CT molecular complexity index is 809. The monoisotopic (exact) mass is 360 g/mol. The van der Waals surface area contributed by atoms with Gasteiger partial charge in [0, 0.05) is 23.3 Å². The van der Waals surface area contributed by atoms with Crippen LogP contribution in [0, 0.1) is 6.92 Å². The molecule has 0 fully saturated rings. The molecule has 0 aliphatic carbocycles. The van der Waals surface area contributed by atoms with E-state index in [2.05, 4.69) is 31.4 Å². The van der Waals surface area contributed by atoms with Gasteiger partial charge in [-0.05, 0) is 30.3 Å². The minimum atomic E-state index is -0.191. The van der Waals surface area contributed by atoms with Crippen LogP contribution in [0.1, 0.15) is 22.2 Å². The molecule has 6 nitrogen and oxygen atoms in total. The van der Waals surface area contributed by atoms with E-state index in [0.717, 1.165) is 10.2 Å². The molecule has 22 heavy (non-hydrogen) atoms. The Morgan fingerprint density at radius 1 is 1.36 bits per heavy atom. The Morgan fingerprint density at radius 3 is 2.95 bits per heavy atom. The Morgan fingerprint density at radius 2 is 2.23 bits per heavy atom. The van der Waals surface area contributed by atoms with Crippen molar-refractivity contribution in [3.8, 4) is 0 Å². The molecular weight excluding hydrogens is 348 g/mol. The third kappa shape index (κ3) is 3.25. The quantitative estimate of drug-likeness (QED) is 0.774. The number of nitrogens with zero attached hydrogens (tertiary/aromatic N) is 3. The molecule has 0 atom stereocenters. The highest BCUT2D eigenvalue weighted by Crippen LogP contribution is 2.17. The van der Waals surface area contributed by atoms with Crippen LogP contribution < -0.4 is 5.32 Å². The summed E-state index contributed by atoms with van der Waals surface area (Å²) in [6.07, 6.45) is 1.81. The summed E-state index contributed by atoms with van der Waals surface area (Å²) in [6.45, 7) is 2.11. The Labute approximate surface area is 135 Å². The van der Waals surface area contributed by atoms with Crippen molar-refractivity contribution in [3.63, 3.8) is 0 Å². The molecule has 0 spiro atoms. The van der Waals surface area contributed by atoms with Crippen molar-refractivity contribution in [2.24, 2.45) is 0 Å². The molecule has 1 amide bonds. The van der Waals surface area contributed by atoms with Crippen molar-refractivity contribution in [3.05, 3.63) is 64.5 Å². The van der Waals surface area contributed by atoms with E-state index < -0.39 is 0 Å². The second kappa shape index (κ2) is 6.15. The highest BCUT2D eigenvalue weighted by Gasteiger charge is 2.13. The van der Waals surface area contributed by atoms with Crippen LogP contribution in [0.15, 0.2) is 51.6 Å². The zero-order valence-corrected chi connectivity index (χ0v) is 13.4. The SMILES string of the molecule is Cc1nc(Cn2cccc2C(=O)Nc2cccc(Br)c2)no1. The predicted octanol–water partition coefficient (Wildman–Crippen LogP) is 3.24. The average Bonchev–Trinajstić information content (AvgIpc) is 3.08. The van der Waals surface area contributed by atoms with Crippen molar-refractivity contribution in [2.45, 2.75) is 13.5 Å². The zero-order valence-electron chi connectivity index (χ0n) is 11.8. The predicted molar refractivity (Wildman–Crippen MR) is 84.7 cm³/mol. The first-order valence-corrected chi connectivity index (χ1v) is 7.42. The largest absolute Gasteiger partial charge is 0.340 e. The van der Waals surface area contributed by atoms with Crippen LogP contribution in [0.2, 0.25) is 0 Å². The lowest BCUT2D eigenvalue weighted by molar-refractivity contribution is 0.101. The summed E-state index contributed by atoms with van der Waals surface area (Å²) in [6, 6.07) is 11.0. The number of nitrogens with one attached hydrogen (secondary N) is 1. The first kappa shape index (κ1) is 14.5. The molecule has 1 aromatic carbocycles. The number of aromatic nitrogens is 3. The van der Waals surface area contributed by atoms with E-state index in [-0.39, 0.29) is 5.91 Å². The van der Waals surface area contributed by atoms with Gasteiger partial charge in [-0.15, -0.1) is 0 Å². The van der Waals surface area contributed by atoms with Gasteiger partial charge in [0.25, 0.3) is 5.91 Å². The molecule has 0 aliphatic heterocycles. The number of carbonyl (C=O) groups excluding carboxylic acids is 1. The molecule has 0 radical (unpaired) electrons. The molecule has 112 valence electrons. The van der Waals surface area contributed by atoms with Crippen LogP contribution >= 0.6 is 15.9 Å². The normalized spacial score (nSPS) is 10.6. The van der Waals surface area contributed by atoms with Crippen LogP contribution in [0.5, 0.6) is 0 Å². The van der Waals surface area contributed by atoms with E-state index in [9.17, 15) is 4.79 Å². The van der Waals surface area contributed by atoms with Crippen LogP contribution in [0.25, 0.3) is 0 Å². The van der Waals surface area contributed by atoms with Gasteiger partial charge >= 0.3 is 0 Å². The number of rotatable bonds is 4. The number of carbonyl (C=O) groups is 1. The summed E-state index contributed by atoms with van der Waals surface area (Å²) in [4.78, 5) is 16.5. The number of hydrogen-bond acceptors (Lipinski definition) is 4. The standard InChI is InChI=1S/C15H13BrN4O2/c1-10-17-14(19-22-10)9-20-7-3-6-13(20)15(21)18-12-5-2-4-11(16)8-12/h2-8H,9H2,1H3,(H,18,21). The van der Waals surface area contributed by atoms with Gasteiger partial charge in [0.2, 0.25) is 5.89 Å². The second-order valence-corrected chi connectivity index (χ2v) is 5.63. The second-order valence-electron chi connectivity index (χ2n) is 4.72. The van der Waals surface area contributed by atoms with Crippen LogP contribution in [-0.4, -0.2) is 20.6 Å². The number of aryl methyl sites for hydroxylation is 1. The van der Waals surface area contributed by atoms with Crippen LogP contribution in [-0.2, 0) is 6.54 Å². The fourth-order valence-electron chi connectivity index (χ4n) is 2.08. The maximum absolute atomic E-state index is 12.4. The van der Waals surface area contributed by atoms with Crippen molar-refractivity contribution in [1.29, 1.82) is 0 Å². The third-order valence-electron chi connectivity index (χ3n) is 3.03. The highest BCUT2D eigenvalue weighted by molar-refractivity contribution is 9.10. The van der Waals surface area contributed by atoms with E-state index in [1.165, 1.54) is 0 Å². The topological polar surface area (TPSA) is 73.0 Å². The lowest BCUT2D eigenvalue weighted by Crippen LogP contribution is -2.17. The molecule has 0 saturated heterocycles. The summed E-state index contributed by atoms with van der Waals surface area (Å²) in [7, 11) is 0. The molecule has 2 aromatic heterocycles. The van der Waals surface area contributed by atoms with Gasteiger partial charge in [-0.25, -0.2) is 0 Å². The van der Waals surface area contributed by atoms with Crippen molar-refractivity contribution < 1.29 is 9.32 Å². The van der Waals surface area contributed by atoms with Crippen LogP contribution in [0.4, 0.5) is 5.69 Å². The van der Waals surface area contributed by atoms with Gasteiger partial charge in [0.15, 0.2) is 5.82 Å². The van der Waals surface area contributed by atoms with E-state index >= 15 is 0 Å². The van der Waals surface area contributed by atoms with Crippen molar-refractivity contribution in [2.75, 3.05) is 5.32 Å². The molecule has 0 bridgehead atoms. The maximum atomic E-state index is 12.4. The average molecular weight is 361 g/mol. The first-order chi connectivity index (χ1) is 10.6. The molecule has 3 aromatic rings. The van der Waals surface area contributed by atoms with Gasteiger partial charge in [0.1, 0.15) is 5.69 Å². The van der Waals surface area contributed by atoms with Gasteiger partial charge in [-0.2, -0.15) is 4.98 Å². The summed E-state index contributed by atoms with van der Waals surface area (Å²) in [5, 5.41) is 6.70. The maximum Gasteiger partial charge on any atom is 0.272 e. The molecule has 0 aliphatic rings. The van der Waals surface area contributed by atoms with E-state index in [0.29, 0.717) is 24.0 Å². The summed E-state index contributed by atoms with van der Waals surface area (Å²) in [5.74, 6) is 0.843. The summed E-state index contributed by atoms with van der Waals surface area (Å²) in [5.41, 5.74) is 1.25. The third-order valence-corrected chi connectivity index (χ3v) is 3.52. The lowest BCUT2D eigenvalue weighted by Gasteiger charge is -2.08. The fourth-order valence-corrected chi connectivity index (χ4v) is 2.48. The lowest BCUT2D eigenvalue weighted by atomic mass is 10.3. The Kier molecular flexibility index (Phi) is 4.06. The van der Waals surface area contributed by atoms with E-state index in [4.69, 9.17) is 4.52 Å². The van der Waals surface area contributed by atoms with E-state index in [1.54, 1.807) is 17.6 Å². The van der Waals surface area contributed by atoms with Crippen LogP contribution in [0.3, 0.4) is 0 Å². The van der Waals surface area contributed by atoms with Crippen molar-refractivity contribution in [1.82, 2.24) is 14.7 Å². The smallest absolute Gasteiger partial charge is 0.272 e. The highest BCUT2D eigenvalue weighted by atomic mass is 79.9. The minimum absolute atomic E-state index is 0.191. The molecule has 0 unspecified atom stereocenters. The molecule has 3 rings (SSSR count). The van der Waals surface area contributed by atoms with Crippen molar-refractivity contribution >= 4 is 27.5 Å². The number of benzene rings is 1. The zero-order chi connectivity index (χ0) is 15.5. The summed E-state index contributed by atoms with van der Waals surface area (Å²) >= 11 is 3.38. The number of anilines is 1. The Balaban J connectivity index is 1.77. The Hall–Kier alpha value is -2.41. The molecule has 2 heterocycles. The fraction of sp³-hybridized carbons (Fsp3) is 0.133. The van der Waals surface area contributed by atoms with E-state index in [1.807, 2.05) is 36.5 Å². The minimum Gasteiger partial charge on any atom is -0.340 e. The number of halogens is 1. The number of amides is 1. The van der Waals surface area contributed by atoms with Gasteiger partial charge in [-0.1, -0.05) is 27.2 Å². The van der Waals surface area contributed by atoms with Gasteiger partial charge in [-0.3, -0.25) is 4.79 Å². The molecule has 7 heteroatoms. The molecule has 0 saturated carbocycles. The first-order valence-electron chi connectivity index (χ1n) is 6.63. The molecule has 1 N–H and O–H groups in total. The summed E-state index contributed by atoms with van der Waals surface area (Å²) < 4.78 is 7.62. The number of hydrogen-bond donors (Lipinski definition) is 1.